The quantitative estimate of drug-likeness (QED) is 0.700. The fraction of sp³-hybridized carbons (Fsp3) is 0.333. The van der Waals surface area contributed by atoms with Gasteiger partial charge in [-0.3, -0.25) is 4.79 Å². The molecule has 2 heterocycles. The van der Waals surface area contributed by atoms with Gasteiger partial charge >= 0.3 is 0 Å². The number of hydrogen-bond acceptors (Lipinski definition) is 6. The molecule has 1 aliphatic heterocycles. The van der Waals surface area contributed by atoms with Crippen LogP contribution in [0, 0.1) is 5.92 Å². The molecule has 0 spiro atoms. The van der Waals surface area contributed by atoms with Gasteiger partial charge in [-0.1, -0.05) is 23.5 Å². The molecule has 4 rings (SSSR count). The van der Waals surface area contributed by atoms with E-state index in [0.717, 1.165) is 36.6 Å². The van der Waals surface area contributed by atoms with Crippen LogP contribution in [-0.4, -0.2) is 38.2 Å². The van der Waals surface area contributed by atoms with E-state index in [9.17, 15) is 4.79 Å². The van der Waals surface area contributed by atoms with Crippen LogP contribution in [0.2, 0.25) is 0 Å². The van der Waals surface area contributed by atoms with Gasteiger partial charge in [0.25, 0.3) is 0 Å². The number of carbonyl (C=O) groups is 1. The van der Waals surface area contributed by atoms with Crippen molar-refractivity contribution in [1.29, 1.82) is 0 Å². The molecular weight excluding hydrogens is 374 g/mol. The number of ether oxygens (including phenoxy) is 2. The standard InChI is InChI=1S/C21H23N3O3S/c1-26-15-7-8-16(18(13-15)27-2)22-20(25)14-9-11-24(12-10-14)21-23-17-5-3-4-6-19(17)28-21/h3-8,13-14H,9-12H2,1-2H3,(H,22,25). The van der Waals surface area contributed by atoms with Crippen molar-refractivity contribution in [2.24, 2.45) is 5.92 Å². The number of piperidine rings is 1. The van der Waals surface area contributed by atoms with Gasteiger partial charge in [-0.15, -0.1) is 0 Å². The first-order valence-corrected chi connectivity index (χ1v) is 10.1. The normalized spacial score (nSPS) is 14.9. The molecule has 1 fully saturated rings. The lowest BCUT2D eigenvalue weighted by molar-refractivity contribution is -0.120. The molecule has 28 heavy (non-hydrogen) atoms. The highest BCUT2D eigenvalue weighted by molar-refractivity contribution is 7.22. The number of amides is 1. The van der Waals surface area contributed by atoms with Crippen LogP contribution >= 0.6 is 11.3 Å². The largest absolute Gasteiger partial charge is 0.497 e. The minimum absolute atomic E-state index is 0.0163. The zero-order valence-electron chi connectivity index (χ0n) is 16.0. The number of anilines is 2. The number of benzene rings is 2. The van der Waals surface area contributed by atoms with E-state index in [-0.39, 0.29) is 11.8 Å². The lowest BCUT2D eigenvalue weighted by atomic mass is 9.96. The second kappa shape index (κ2) is 8.06. The van der Waals surface area contributed by atoms with Gasteiger partial charge in [-0.2, -0.15) is 0 Å². The van der Waals surface area contributed by atoms with Gasteiger partial charge in [0.15, 0.2) is 5.13 Å². The molecule has 1 aromatic heterocycles. The van der Waals surface area contributed by atoms with Crippen LogP contribution in [-0.2, 0) is 4.79 Å². The average Bonchev–Trinajstić information content (AvgIpc) is 3.18. The third kappa shape index (κ3) is 3.75. The SMILES string of the molecule is COc1ccc(NC(=O)C2CCN(c3nc4ccccc4s3)CC2)c(OC)c1. The highest BCUT2D eigenvalue weighted by atomic mass is 32.1. The molecule has 1 amide bonds. The molecule has 1 N–H and O–H groups in total. The Kier molecular flexibility index (Phi) is 5.34. The number of carbonyl (C=O) groups excluding carboxylic acids is 1. The first-order chi connectivity index (χ1) is 13.7. The molecular formula is C21H23N3O3S. The van der Waals surface area contributed by atoms with Gasteiger partial charge in [0.05, 0.1) is 30.1 Å². The summed E-state index contributed by atoms with van der Waals surface area (Å²) in [6, 6.07) is 13.6. The molecule has 0 aliphatic carbocycles. The van der Waals surface area contributed by atoms with Crippen LogP contribution in [0.15, 0.2) is 42.5 Å². The van der Waals surface area contributed by atoms with Gasteiger partial charge in [-0.25, -0.2) is 4.98 Å². The summed E-state index contributed by atoms with van der Waals surface area (Å²) in [5.41, 5.74) is 1.70. The van der Waals surface area contributed by atoms with Gasteiger partial charge < -0.3 is 19.7 Å². The number of aromatic nitrogens is 1. The molecule has 0 saturated carbocycles. The average molecular weight is 398 g/mol. The lowest BCUT2D eigenvalue weighted by Crippen LogP contribution is -2.38. The number of nitrogens with one attached hydrogen (secondary N) is 1. The van der Waals surface area contributed by atoms with Gasteiger partial charge in [-0.05, 0) is 37.1 Å². The predicted molar refractivity (Wildman–Crippen MR) is 113 cm³/mol. The van der Waals surface area contributed by atoms with Crippen molar-refractivity contribution in [3.63, 3.8) is 0 Å². The maximum absolute atomic E-state index is 12.7. The van der Waals surface area contributed by atoms with E-state index in [1.807, 2.05) is 30.3 Å². The Morgan fingerprint density at radius 2 is 1.93 bits per heavy atom. The van der Waals surface area contributed by atoms with Gasteiger partial charge in [0, 0.05) is 25.1 Å². The Balaban J connectivity index is 1.39. The molecule has 1 aliphatic rings. The Morgan fingerprint density at radius 1 is 1.14 bits per heavy atom. The van der Waals surface area contributed by atoms with Crippen molar-refractivity contribution in [2.45, 2.75) is 12.8 Å². The van der Waals surface area contributed by atoms with E-state index >= 15 is 0 Å². The fourth-order valence-corrected chi connectivity index (χ4v) is 4.48. The summed E-state index contributed by atoms with van der Waals surface area (Å²) in [4.78, 5) is 19.8. The van der Waals surface area contributed by atoms with E-state index in [2.05, 4.69) is 16.3 Å². The van der Waals surface area contributed by atoms with Crippen molar-refractivity contribution in [2.75, 3.05) is 37.5 Å². The maximum Gasteiger partial charge on any atom is 0.227 e. The molecule has 0 atom stereocenters. The smallest absolute Gasteiger partial charge is 0.227 e. The number of thiazole rings is 1. The summed E-state index contributed by atoms with van der Waals surface area (Å²) in [7, 11) is 3.19. The zero-order valence-corrected chi connectivity index (χ0v) is 16.8. The number of hydrogen-bond donors (Lipinski definition) is 1. The number of methoxy groups -OCH3 is 2. The number of nitrogens with zero attached hydrogens (tertiary/aromatic N) is 2. The summed E-state index contributed by atoms with van der Waals surface area (Å²) in [5, 5.41) is 4.05. The Hall–Kier alpha value is -2.80. The highest BCUT2D eigenvalue weighted by Gasteiger charge is 2.27. The number of rotatable bonds is 5. The molecule has 0 bridgehead atoms. The third-order valence-corrected chi connectivity index (χ3v) is 6.18. The van der Waals surface area contributed by atoms with Crippen LogP contribution in [0.3, 0.4) is 0 Å². The van der Waals surface area contributed by atoms with Crippen LogP contribution in [0.5, 0.6) is 11.5 Å². The van der Waals surface area contributed by atoms with Crippen molar-refractivity contribution in [3.8, 4) is 11.5 Å². The fourth-order valence-electron chi connectivity index (χ4n) is 3.46. The minimum Gasteiger partial charge on any atom is -0.497 e. The van der Waals surface area contributed by atoms with Crippen molar-refractivity contribution >= 4 is 38.3 Å². The van der Waals surface area contributed by atoms with Gasteiger partial charge in [0.2, 0.25) is 5.91 Å². The molecule has 1 saturated heterocycles. The lowest BCUT2D eigenvalue weighted by Gasteiger charge is -2.31. The monoisotopic (exact) mass is 397 g/mol. The topological polar surface area (TPSA) is 63.7 Å². The molecule has 0 radical (unpaired) electrons. The van der Waals surface area contributed by atoms with Crippen molar-refractivity contribution in [3.05, 3.63) is 42.5 Å². The molecule has 146 valence electrons. The first-order valence-electron chi connectivity index (χ1n) is 9.31. The minimum atomic E-state index is -0.0163. The Labute approximate surface area is 168 Å². The third-order valence-electron chi connectivity index (χ3n) is 5.09. The molecule has 0 unspecified atom stereocenters. The summed E-state index contributed by atoms with van der Waals surface area (Å²) in [6.45, 7) is 1.66. The highest BCUT2D eigenvalue weighted by Crippen LogP contribution is 2.33. The predicted octanol–water partition coefficient (Wildman–Crippen LogP) is 4.17. The Morgan fingerprint density at radius 3 is 2.64 bits per heavy atom. The summed E-state index contributed by atoms with van der Waals surface area (Å²) in [6.07, 6.45) is 1.61. The van der Waals surface area contributed by atoms with E-state index < -0.39 is 0 Å². The van der Waals surface area contributed by atoms with Crippen molar-refractivity contribution in [1.82, 2.24) is 4.98 Å². The number of fused-ring (bicyclic) bond motifs is 1. The van der Waals surface area contributed by atoms with E-state index in [4.69, 9.17) is 14.5 Å². The van der Waals surface area contributed by atoms with E-state index in [1.54, 1.807) is 31.6 Å². The van der Waals surface area contributed by atoms with Crippen LogP contribution in [0.1, 0.15) is 12.8 Å². The van der Waals surface area contributed by atoms with E-state index in [0.29, 0.717) is 17.2 Å². The van der Waals surface area contributed by atoms with Crippen molar-refractivity contribution < 1.29 is 14.3 Å². The van der Waals surface area contributed by atoms with Crippen LogP contribution in [0.4, 0.5) is 10.8 Å². The molecule has 6 nitrogen and oxygen atoms in total. The first kappa shape index (κ1) is 18.6. The van der Waals surface area contributed by atoms with Gasteiger partial charge in [0.1, 0.15) is 11.5 Å². The summed E-state index contributed by atoms with van der Waals surface area (Å²) < 4.78 is 11.8. The Bertz CT molecular complexity index is 947. The summed E-state index contributed by atoms with van der Waals surface area (Å²) in [5.74, 6) is 1.31. The zero-order chi connectivity index (χ0) is 19.5. The molecule has 7 heteroatoms. The molecule has 2 aromatic carbocycles. The van der Waals surface area contributed by atoms with Crippen LogP contribution in [0.25, 0.3) is 10.2 Å². The number of para-hydroxylation sites is 1. The second-order valence-corrected chi connectivity index (χ2v) is 7.79. The summed E-state index contributed by atoms with van der Waals surface area (Å²) >= 11 is 1.71. The second-order valence-electron chi connectivity index (χ2n) is 6.78. The van der Waals surface area contributed by atoms with E-state index in [1.165, 1.54) is 4.70 Å². The van der Waals surface area contributed by atoms with Crippen LogP contribution < -0.4 is 19.7 Å². The molecule has 3 aromatic rings. The maximum atomic E-state index is 12.7.